The quantitative estimate of drug-likeness (QED) is 0.773. The fraction of sp³-hybridized carbons (Fsp3) is 0.200. The zero-order valence-electron chi connectivity index (χ0n) is 11.2. The van der Waals surface area contributed by atoms with Gasteiger partial charge in [0.15, 0.2) is 5.82 Å². The Morgan fingerprint density at radius 2 is 2.20 bits per heavy atom. The highest BCUT2D eigenvalue weighted by molar-refractivity contribution is 7.10. The molecule has 1 atom stereocenters. The van der Waals surface area contributed by atoms with Gasteiger partial charge in [-0.25, -0.2) is 9.67 Å². The van der Waals surface area contributed by atoms with Gasteiger partial charge in [0, 0.05) is 23.5 Å². The smallest absolute Gasteiger partial charge is 0.176 e. The molecule has 0 saturated heterocycles. The summed E-state index contributed by atoms with van der Waals surface area (Å²) in [5, 5.41) is 9.94. The third kappa shape index (κ3) is 2.58. The second kappa shape index (κ2) is 5.88. The number of hydrogen-bond donors (Lipinski definition) is 1. The highest BCUT2D eigenvalue weighted by Crippen LogP contribution is 2.28. The number of pyridine rings is 1. The summed E-state index contributed by atoms with van der Waals surface area (Å²) < 4.78 is 1.78. The van der Waals surface area contributed by atoms with Crippen molar-refractivity contribution in [3.63, 3.8) is 0 Å². The van der Waals surface area contributed by atoms with Crippen molar-refractivity contribution < 1.29 is 0 Å². The summed E-state index contributed by atoms with van der Waals surface area (Å²) in [6, 6.07) is 10.4. The summed E-state index contributed by atoms with van der Waals surface area (Å²) in [5.74, 6) is 0.826. The number of thiophene rings is 1. The van der Waals surface area contributed by atoms with Gasteiger partial charge in [0.1, 0.15) is 0 Å². The SMILES string of the molecule is CCC(Nc1cccnc1-n1cccn1)c1cccs1. The number of anilines is 1. The second-order valence-electron chi connectivity index (χ2n) is 4.45. The summed E-state index contributed by atoms with van der Waals surface area (Å²) in [6.07, 6.45) is 6.47. The van der Waals surface area contributed by atoms with Gasteiger partial charge in [-0.2, -0.15) is 5.10 Å². The Morgan fingerprint density at radius 1 is 1.25 bits per heavy atom. The van der Waals surface area contributed by atoms with E-state index in [9.17, 15) is 0 Å². The zero-order valence-corrected chi connectivity index (χ0v) is 12.0. The number of aromatic nitrogens is 3. The van der Waals surface area contributed by atoms with Crippen molar-refractivity contribution in [1.82, 2.24) is 14.8 Å². The van der Waals surface area contributed by atoms with Crippen LogP contribution in [-0.2, 0) is 0 Å². The molecule has 0 saturated carbocycles. The van der Waals surface area contributed by atoms with E-state index in [2.05, 4.69) is 39.8 Å². The maximum absolute atomic E-state index is 4.43. The summed E-state index contributed by atoms with van der Waals surface area (Å²) in [4.78, 5) is 5.77. The lowest BCUT2D eigenvalue weighted by Gasteiger charge is -2.18. The number of nitrogens with zero attached hydrogens (tertiary/aromatic N) is 3. The van der Waals surface area contributed by atoms with Gasteiger partial charge in [-0.1, -0.05) is 13.0 Å². The first kappa shape index (κ1) is 12.9. The van der Waals surface area contributed by atoms with Crippen molar-refractivity contribution in [2.24, 2.45) is 0 Å². The van der Waals surface area contributed by atoms with Gasteiger partial charge in [0.05, 0.1) is 11.7 Å². The molecular formula is C15H16N4S. The van der Waals surface area contributed by atoms with Crippen molar-refractivity contribution in [2.45, 2.75) is 19.4 Å². The topological polar surface area (TPSA) is 42.7 Å². The third-order valence-corrected chi connectivity index (χ3v) is 4.12. The van der Waals surface area contributed by atoms with Crippen LogP contribution >= 0.6 is 11.3 Å². The van der Waals surface area contributed by atoms with Crippen LogP contribution in [0.1, 0.15) is 24.3 Å². The molecule has 3 aromatic rings. The van der Waals surface area contributed by atoms with Gasteiger partial charge >= 0.3 is 0 Å². The Bertz CT molecular complexity index is 646. The Labute approximate surface area is 122 Å². The molecule has 0 bridgehead atoms. The predicted octanol–water partition coefficient (Wildman–Crippen LogP) is 3.89. The molecule has 1 unspecified atom stereocenters. The molecule has 3 heterocycles. The van der Waals surface area contributed by atoms with E-state index in [1.54, 1.807) is 28.4 Å². The van der Waals surface area contributed by atoms with Crippen molar-refractivity contribution in [3.05, 3.63) is 59.2 Å². The standard InChI is InChI=1S/C15H16N4S/c1-2-12(14-7-4-11-20-14)18-13-6-3-8-16-15(13)19-10-5-9-17-19/h3-12,18H,2H2,1H3. The lowest BCUT2D eigenvalue weighted by Crippen LogP contribution is -2.11. The molecule has 0 aromatic carbocycles. The van der Waals surface area contributed by atoms with E-state index in [4.69, 9.17) is 0 Å². The van der Waals surface area contributed by atoms with E-state index < -0.39 is 0 Å². The molecule has 0 aliphatic rings. The number of rotatable bonds is 5. The van der Waals surface area contributed by atoms with Gasteiger partial charge < -0.3 is 5.32 Å². The molecule has 3 aromatic heterocycles. The normalized spacial score (nSPS) is 12.2. The summed E-state index contributed by atoms with van der Waals surface area (Å²) in [5.41, 5.74) is 0.997. The lowest BCUT2D eigenvalue weighted by molar-refractivity contribution is 0.756. The van der Waals surface area contributed by atoms with Gasteiger partial charge in [0.25, 0.3) is 0 Å². The average Bonchev–Trinajstić information content (AvgIpc) is 3.18. The van der Waals surface area contributed by atoms with Crippen LogP contribution in [0, 0.1) is 0 Å². The molecule has 0 aliphatic carbocycles. The van der Waals surface area contributed by atoms with Crippen LogP contribution in [0.15, 0.2) is 54.3 Å². The van der Waals surface area contributed by atoms with E-state index in [1.807, 2.05) is 24.4 Å². The van der Waals surface area contributed by atoms with Crippen LogP contribution in [0.25, 0.3) is 5.82 Å². The fourth-order valence-corrected chi connectivity index (χ4v) is 3.00. The maximum Gasteiger partial charge on any atom is 0.176 e. The Kier molecular flexibility index (Phi) is 3.78. The Morgan fingerprint density at radius 3 is 2.90 bits per heavy atom. The summed E-state index contributed by atoms with van der Waals surface area (Å²) >= 11 is 1.77. The molecule has 4 nitrogen and oxygen atoms in total. The molecule has 20 heavy (non-hydrogen) atoms. The van der Waals surface area contributed by atoms with Crippen LogP contribution < -0.4 is 5.32 Å². The third-order valence-electron chi connectivity index (χ3n) is 3.13. The lowest BCUT2D eigenvalue weighted by atomic mass is 10.2. The van der Waals surface area contributed by atoms with E-state index in [0.717, 1.165) is 17.9 Å². The van der Waals surface area contributed by atoms with Crippen molar-refractivity contribution in [2.75, 3.05) is 5.32 Å². The molecule has 3 rings (SSSR count). The summed E-state index contributed by atoms with van der Waals surface area (Å²) in [7, 11) is 0. The summed E-state index contributed by atoms with van der Waals surface area (Å²) in [6.45, 7) is 2.18. The highest BCUT2D eigenvalue weighted by Gasteiger charge is 2.13. The maximum atomic E-state index is 4.43. The number of hydrogen-bond acceptors (Lipinski definition) is 4. The van der Waals surface area contributed by atoms with E-state index in [1.165, 1.54) is 4.88 Å². The minimum atomic E-state index is 0.300. The Balaban J connectivity index is 1.91. The second-order valence-corrected chi connectivity index (χ2v) is 5.43. The van der Waals surface area contributed by atoms with E-state index in [0.29, 0.717) is 6.04 Å². The molecule has 0 spiro atoms. The molecule has 1 N–H and O–H groups in total. The van der Waals surface area contributed by atoms with Crippen LogP contribution in [0.3, 0.4) is 0 Å². The van der Waals surface area contributed by atoms with Crippen LogP contribution in [0.2, 0.25) is 0 Å². The van der Waals surface area contributed by atoms with Crippen LogP contribution in [0.4, 0.5) is 5.69 Å². The van der Waals surface area contributed by atoms with Gasteiger partial charge in [-0.15, -0.1) is 11.3 Å². The first-order chi connectivity index (χ1) is 9.88. The van der Waals surface area contributed by atoms with Gasteiger partial charge in [0.2, 0.25) is 0 Å². The molecule has 0 fully saturated rings. The molecule has 0 amide bonds. The Hall–Kier alpha value is -2.14. The molecule has 0 radical (unpaired) electrons. The van der Waals surface area contributed by atoms with Crippen molar-refractivity contribution in [3.8, 4) is 5.82 Å². The molecule has 0 aliphatic heterocycles. The van der Waals surface area contributed by atoms with Crippen LogP contribution in [0.5, 0.6) is 0 Å². The largest absolute Gasteiger partial charge is 0.374 e. The zero-order chi connectivity index (χ0) is 13.8. The highest BCUT2D eigenvalue weighted by atomic mass is 32.1. The first-order valence-corrected chi connectivity index (χ1v) is 7.51. The predicted molar refractivity (Wildman–Crippen MR) is 82.3 cm³/mol. The average molecular weight is 284 g/mol. The first-order valence-electron chi connectivity index (χ1n) is 6.63. The molecular weight excluding hydrogens is 268 g/mol. The van der Waals surface area contributed by atoms with E-state index in [-0.39, 0.29) is 0 Å². The molecule has 5 heteroatoms. The van der Waals surface area contributed by atoms with Crippen LogP contribution in [-0.4, -0.2) is 14.8 Å². The van der Waals surface area contributed by atoms with Crippen molar-refractivity contribution in [1.29, 1.82) is 0 Å². The van der Waals surface area contributed by atoms with Gasteiger partial charge in [-0.05, 0) is 36.1 Å². The van der Waals surface area contributed by atoms with Gasteiger partial charge in [-0.3, -0.25) is 0 Å². The fourth-order valence-electron chi connectivity index (χ4n) is 2.14. The van der Waals surface area contributed by atoms with E-state index >= 15 is 0 Å². The molecule has 102 valence electrons. The monoisotopic (exact) mass is 284 g/mol. The number of nitrogens with one attached hydrogen (secondary N) is 1. The minimum absolute atomic E-state index is 0.300. The van der Waals surface area contributed by atoms with Crippen molar-refractivity contribution >= 4 is 17.0 Å². The minimum Gasteiger partial charge on any atom is -0.374 e.